The van der Waals surface area contributed by atoms with E-state index in [1.807, 2.05) is 0 Å². The Kier molecular flexibility index (Phi) is 4.17. The molecule has 0 amide bonds. The number of rotatable bonds is 4. The Balaban J connectivity index is 2.23. The van der Waals surface area contributed by atoms with Gasteiger partial charge in [0, 0.05) is 19.1 Å². The molecule has 1 saturated heterocycles. The van der Waals surface area contributed by atoms with E-state index in [1.54, 1.807) is 13.3 Å². The Morgan fingerprint density at radius 2 is 2.47 bits per heavy atom. The smallest absolute Gasteiger partial charge is 0.232 e. The van der Waals surface area contributed by atoms with Gasteiger partial charge in [0.1, 0.15) is 0 Å². The van der Waals surface area contributed by atoms with Crippen molar-refractivity contribution in [2.24, 2.45) is 0 Å². The van der Waals surface area contributed by atoms with E-state index in [0.717, 1.165) is 36.5 Å². The van der Waals surface area contributed by atoms with E-state index in [2.05, 4.69) is 43.0 Å². The molecule has 17 heavy (non-hydrogen) atoms. The molecule has 1 aliphatic rings. The van der Waals surface area contributed by atoms with Crippen LogP contribution in [0.4, 0.5) is 5.95 Å². The molecule has 2 rings (SSSR count). The predicted molar refractivity (Wildman–Crippen MR) is 70.6 cm³/mol. The first-order chi connectivity index (χ1) is 8.26. The molecule has 1 aromatic rings. The van der Waals surface area contributed by atoms with Gasteiger partial charge in [-0.05, 0) is 35.8 Å². The number of hydrogen-bond donors (Lipinski definition) is 1. The van der Waals surface area contributed by atoms with Gasteiger partial charge in [0.15, 0.2) is 0 Å². The second kappa shape index (κ2) is 5.64. The van der Waals surface area contributed by atoms with Gasteiger partial charge in [-0.3, -0.25) is 0 Å². The monoisotopic (exact) mass is 300 g/mol. The number of ether oxygens (including phenoxy) is 1. The number of hydrogen-bond acceptors (Lipinski definition) is 5. The second-order valence-electron chi connectivity index (χ2n) is 3.96. The summed E-state index contributed by atoms with van der Waals surface area (Å²) in [6, 6.07) is 0.478. The third-order valence-corrected chi connectivity index (χ3v) is 3.51. The lowest BCUT2D eigenvalue weighted by Crippen LogP contribution is -2.38. The number of halogens is 1. The maximum absolute atomic E-state index is 5.20. The van der Waals surface area contributed by atoms with Crippen molar-refractivity contribution in [3.63, 3.8) is 0 Å². The Morgan fingerprint density at radius 3 is 3.06 bits per heavy atom. The molecule has 1 fully saturated rings. The van der Waals surface area contributed by atoms with Crippen LogP contribution >= 0.6 is 15.9 Å². The first-order valence-corrected chi connectivity index (χ1v) is 6.59. The molecule has 1 N–H and O–H groups in total. The van der Waals surface area contributed by atoms with Crippen LogP contribution in [-0.2, 0) is 0 Å². The van der Waals surface area contributed by atoms with Crippen LogP contribution in [0, 0.1) is 0 Å². The van der Waals surface area contributed by atoms with E-state index in [1.165, 1.54) is 0 Å². The van der Waals surface area contributed by atoms with Crippen molar-refractivity contribution >= 4 is 21.9 Å². The molecule has 1 aromatic heterocycles. The molecular weight excluding hydrogens is 284 g/mol. The van der Waals surface area contributed by atoms with Gasteiger partial charge in [0.2, 0.25) is 11.8 Å². The van der Waals surface area contributed by atoms with Crippen LogP contribution in [0.5, 0.6) is 5.88 Å². The lowest BCUT2D eigenvalue weighted by molar-refractivity contribution is 0.393. The molecule has 0 spiro atoms. The van der Waals surface area contributed by atoms with Crippen molar-refractivity contribution < 1.29 is 4.74 Å². The molecular formula is C11H17BrN4O. The number of nitrogens with zero attached hydrogens (tertiary/aromatic N) is 3. The summed E-state index contributed by atoms with van der Waals surface area (Å²) >= 11 is 3.36. The van der Waals surface area contributed by atoms with E-state index in [0.29, 0.717) is 11.9 Å². The van der Waals surface area contributed by atoms with Crippen molar-refractivity contribution in [3.05, 3.63) is 10.7 Å². The molecule has 0 saturated carbocycles. The lowest BCUT2D eigenvalue weighted by atomic mass is 10.2. The summed E-state index contributed by atoms with van der Waals surface area (Å²) in [7, 11) is 1.62. The summed E-state index contributed by atoms with van der Waals surface area (Å²) in [6.07, 6.45) is 2.88. The van der Waals surface area contributed by atoms with Gasteiger partial charge in [-0.25, -0.2) is 4.98 Å². The van der Waals surface area contributed by atoms with Crippen LogP contribution in [0.15, 0.2) is 10.7 Å². The number of nitrogens with one attached hydrogen (secondary N) is 1. The maximum atomic E-state index is 5.20. The summed E-state index contributed by atoms with van der Waals surface area (Å²) in [5.41, 5.74) is 0. The molecule has 6 heteroatoms. The molecule has 94 valence electrons. The third kappa shape index (κ3) is 2.69. The van der Waals surface area contributed by atoms with Gasteiger partial charge in [0.05, 0.1) is 17.8 Å². The largest absolute Gasteiger partial charge is 0.480 e. The Bertz CT molecular complexity index is 382. The molecule has 0 radical (unpaired) electrons. The maximum Gasteiger partial charge on any atom is 0.232 e. The number of anilines is 1. The van der Waals surface area contributed by atoms with Gasteiger partial charge in [0.25, 0.3) is 0 Å². The molecule has 1 aliphatic heterocycles. The van der Waals surface area contributed by atoms with Crippen LogP contribution in [0.3, 0.4) is 0 Å². The van der Waals surface area contributed by atoms with Crippen LogP contribution in [0.25, 0.3) is 0 Å². The fraction of sp³-hybridized carbons (Fsp3) is 0.636. The number of likely N-dealkylation sites (N-methyl/N-ethyl adjacent to an activating group) is 1. The highest BCUT2D eigenvalue weighted by molar-refractivity contribution is 9.10. The average molecular weight is 301 g/mol. The zero-order valence-electron chi connectivity index (χ0n) is 10.1. The Hall–Kier alpha value is -0.880. The SMILES string of the molecule is CCN(c1ncc(Br)c(OC)n1)C1CCNC1. The van der Waals surface area contributed by atoms with Crippen LogP contribution in [0.2, 0.25) is 0 Å². The van der Waals surface area contributed by atoms with Crippen LogP contribution in [-0.4, -0.2) is 42.8 Å². The van der Waals surface area contributed by atoms with E-state index in [-0.39, 0.29) is 0 Å². The van der Waals surface area contributed by atoms with Gasteiger partial charge in [-0.2, -0.15) is 4.98 Å². The predicted octanol–water partition coefficient (Wildman–Crippen LogP) is 1.44. The number of aromatic nitrogens is 2. The molecule has 0 aliphatic carbocycles. The Morgan fingerprint density at radius 1 is 1.65 bits per heavy atom. The van der Waals surface area contributed by atoms with E-state index in [4.69, 9.17) is 4.74 Å². The molecule has 1 unspecified atom stereocenters. The topological polar surface area (TPSA) is 50.3 Å². The zero-order chi connectivity index (χ0) is 12.3. The number of methoxy groups -OCH3 is 1. The molecule has 5 nitrogen and oxygen atoms in total. The molecule has 0 aromatic carbocycles. The van der Waals surface area contributed by atoms with E-state index < -0.39 is 0 Å². The average Bonchev–Trinajstić information content (AvgIpc) is 2.86. The standard InChI is InChI=1S/C11H17BrN4O/c1-3-16(8-4-5-13-6-8)11-14-7-9(12)10(15-11)17-2/h7-8,13H,3-6H2,1-2H3. The molecule has 1 atom stereocenters. The third-order valence-electron chi connectivity index (χ3n) is 2.97. The van der Waals surface area contributed by atoms with Crippen molar-refractivity contribution in [2.45, 2.75) is 19.4 Å². The minimum Gasteiger partial charge on any atom is -0.480 e. The summed E-state index contributed by atoms with van der Waals surface area (Å²) in [6.45, 7) is 5.08. The van der Waals surface area contributed by atoms with Crippen LogP contribution in [0.1, 0.15) is 13.3 Å². The molecule has 0 bridgehead atoms. The Labute approximate surface area is 110 Å². The highest BCUT2D eigenvalue weighted by Gasteiger charge is 2.23. The van der Waals surface area contributed by atoms with Crippen molar-refractivity contribution in [3.8, 4) is 5.88 Å². The molecule has 2 heterocycles. The second-order valence-corrected chi connectivity index (χ2v) is 4.81. The van der Waals surface area contributed by atoms with E-state index in [9.17, 15) is 0 Å². The summed E-state index contributed by atoms with van der Waals surface area (Å²) < 4.78 is 5.98. The quantitative estimate of drug-likeness (QED) is 0.912. The van der Waals surface area contributed by atoms with Gasteiger partial charge >= 0.3 is 0 Å². The first-order valence-electron chi connectivity index (χ1n) is 5.80. The summed E-state index contributed by atoms with van der Waals surface area (Å²) in [4.78, 5) is 11.0. The normalized spacial score (nSPS) is 19.4. The van der Waals surface area contributed by atoms with Crippen LogP contribution < -0.4 is 15.0 Å². The van der Waals surface area contributed by atoms with Gasteiger partial charge < -0.3 is 15.0 Å². The highest BCUT2D eigenvalue weighted by Crippen LogP contribution is 2.24. The lowest BCUT2D eigenvalue weighted by Gasteiger charge is -2.27. The fourth-order valence-electron chi connectivity index (χ4n) is 2.09. The van der Waals surface area contributed by atoms with Gasteiger partial charge in [-0.1, -0.05) is 0 Å². The minimum absolute atomic E-state index is 0.478. The summed E-state index contributed by atoms with van der Waals surface area (Å²) in [5, 5.41) is 3.36. The summed E-state index contributed by atoms with van der Waals surface area (Å²) in [5.74, 6) is 1.32. The highest BCUT2D eigenvalue weighted by atomic mass is 79.9. The van der Waals surface area contributed by atoms with Gasteiger partial charge in [-0.15, -0.1) is 0 Å². The van der Waals surface area contributed by atoms with Crippen molar-refractivity contribution in [2.75, 3.05) is 31.6 Å². The minimum atomic E-state index is 0.478. The zero-order valence-corrected chi connectivity index (χ0v) is 11.7. The first kappa shape index (κ1) is 12.6. The fourth-order valence-corrected chi connectivity index (χ4v) is 2.45. The van der Waals surface area contributed by atoms with Crippen molar-refractivity contribution in [1.29, 1.82) is 0 Å². The van der Waals surface area contributed by atoms with E-state index >= 15 is 0 Å². The van der Waals surface area contributed by atoms with Crippen molar-refractivity contribution in [1.82, 2.24) is 15.3 Å².